The molecule has 1 aliphatic heterocycles. The first kappa shape index (κ1) is 24.1. The maximum atomic E-state index is 9.73. The molecule has 0 radical (unpaired) electrons. The lowest BCUT2D eigenvalue weighted by Gasteiger charge is -2.25. The van der Waals surface area contributed by atoms with Crippen LogP contribution in [0.1, 0.15) is 11.1 Å². The Labute approximate surface area is 208 Å². The van der Waals surface area contributed by atoms with E-state index in [1.807, 2.05) is 18.2 Å². The molecule has 1 saturated heterocycles. The molecule has 1 aromatic heterocycles. The Bertz CT molecular complexity index is 1270. The molecule has 2 aromatic carbocycles. The van der Waals surface area contributed by atoms with Crippen molar-refractivity contribution in [3.05, 3.63) is 57.7 Å². The van der Waals surface area contributed by atoms with Crippen LogP contribution >= 0.6 is 23.2 Å². The zero-order valence-electron chi connectivity index (χ0n) is 18.9. The number of hydrogen-bond donors (Lipinski definition) is 1. The number of morpholine rings is 1. The molecule has 7 nitrogen and oxygen atoms in total. The number of nitriles is 1. The Morgan fingerprint density at radius 3 is 2.59 bits per heavy atom. The van der Waals surface area contributed by atoms with Gasteiger partial charge in [0.25, 0.3) is 0 Å². The highest BCUT2D eigenvalue weighted by Gasteiger charge is 2.16. The van der Waals surface area contributed by atoms with Crippen molar-refractivity contribution in [3.8, 4) is 17.6 Å². The SMILES string of the molecule is COc1cc(Nc2c(C#N)cnc3cc(C=CCN4CCOCC4)c(OC)cc23)c(Cl)cc1Cl. The molecule has 1 aliphatic rings. The Hall–Kier alpha value is -3.02. The molecule has 9 heteroatoms. The van der Waals surface area contributed by atoms with Gasteiger partial charge in [-0.2, -0.15) is 5.26 Å². The van der Waals surface area contributed by atoms with Crippen molar-refractivity contribution in [1.82, 2.24) is 9.88 Å². The zero-order valence-corrected chi connectivity index (χ0v) is 20.4. The molecule has 0 spiro atoms. The lowest BCUT2D eigenvalue weighted by molar-refractivity contribution is 0.0435. The van der Waals surface area contributed by atoms with Crippen LogP contribution in [-0.2, 0) is 4.74 Å². The van der Waals surface area contributed by atoms with Gasteiger partial charge in [0.05, 0.1) is 59.9 Å². The average molecular weight is 499 g/mol. The van der Waals surface area contributed by atoms with Crippen LogP contribution in [0.3, 0.4) is 0 Å². The number of anilines is 2. The zero-order chi connectivity index (χ0) is 24.1. The molecule has 1 fully saturated rings. The third-order valence-electron chi connectivity index (χ3n) is 5.61. The summed E-state index contributed by atoms with van der Waals surface area (Å²) >= 11 is 12.6. The quantitative estimate of drug-likeness (QED) is 0.459. The maximum Gasteiger partial charge on any atom is 0.139 e. The molecule has 0 bridgehead atoms. The first-order chi connectivity index (χ1) is 16.5. The Balaban J connectivity index is 1.72. The molecule has 1 N–H and O–H groups in total. The standard InChI is InChI=1S/C25H24Cl2N4O3/c1-32-23-11-18-21(10-16(23)4-3-5-31-6-8-34-9-7-31)29-15-17(14-28)25(18)30-22-13-24(33-2)20(27)12-19(22)26/h3-4,10-13,15H,5-9H2,1-2H3,(H,29,30). The normalized spacial score (nSPS) is 14.3. The van der Waals surface area contributed by atoms with E-state index in [-0.39, 0.29) is 0 Å². The largest absolute Gasteiger partial charge is 0.496 e. The van der Waals surface area contributed by atoms with Gasteiger partial charge in [-0.1, -0.05) is 35.4 Å². The lowest BCUT2D eigenvalue weighted by Crippen LogP contribution is -2.36. The van der Waals surface area contributed by atoms with Crippen LogP contribution in [-0.4, -0.2) is 57.0 Å². The summed E-state index contributed by atoms with van der Waals surface area (Å²) in [6.45, 7) is 4.19. The molecule has 4 rings (SSSR count). The Kier molecular flexibility index (Phi) is 7.76. The van der Waals surface area contributed by atoms with Crippen LogP contribution in [0.5, 0.6) is 11.5 Å². The van der Waals surface area contributed by atoms with E-state index in [4.69, 9.17) is 37.4 Å². The maximum absolute atomic E-state index is 9.73. The summed E-state index contributed by atoms with van der Waals surface area (Å²) in [5.74, 6) is 1.14. The Morgan fingerprint density at radius 2 is 1.88 bits per heavy atom. The minimum atomic E-state index is 0.371. The van der Waals surface area contributed by atoms with Crippen LogP contribution in [0.4, 0.5) is 11.4 Å². The molecule has 0 aliphatic carbocycles. The number of hydrogen-bond acceptors (Lipinski definition) is 7. The van der Waals surface area contributed by atoms with Crippen LogP contribution in [0.15, 0.2) is 36.5 Å². The van der Waals surface area contributed by atoms with Gasteiger partial charge in [0.1, 0.15) is 17.6 Å². The van der Waals surface area contributed by atoms with E-state index in [9.17, 15) is 5.26 Å². The summed E-state index contributed by atoms with van der Waals surface area (Å²) in [4.78, 5) is 6.83. The summed E-state index contributed by atoms with van der Waals surface area (Å²) in [7, 11) is 3.15. The predicted molar refractivity (Wildman–Crippen MR) is 136 cm³/mol. The summed E-state index contributed by atoms with van der Waals surface area (Å²) < 4.78 is 16.4. The van der Waals surface area contributed by atoms with Crippen molar-refractivity contribution in [3.63, 3.8) is 0 Å². The summed E-state index contributed by atoms with van der Waals surface area (Å²) in [5.41, 5.74) is 3.11. The molecule has 176 valence electrons. The molecular weight excluding hydrogens is 475 g/mol. The number of nitrogens with zero attached hydrogens (tertiary/aromatic N) is 3. The number of fused-ring (bicyclic) bond motifs is 1. The van der Waals surface area contributed by atoms with E-state index in [2.05, 4.69) is 27.3 Å². The number of pyridine rings is 1. The van der Waals surface area contributed by atoms with Crippen molar-refractivity contribution < 1.29 is 14.2 Å². The van der Waals surface area contributed by atoms with Crippen LogP contribution in [0.25, 0.3) is 17.0 Å². The van der Waals surface area contributed by atoms with E-state index in [1.54, 1.807) is 25.4 Å². The second-order valence-corrected chi connectivity index (χ2v) is 8.49. The minimum Gasteiger partial charge on any atom is -0.496 e. The predicted octanol–water partition coefficient (Wildman–Crippen LogP) is 5.52. The molecule has 0 amide bonds. The topological polar surface area (TPSA) is 79.6 Å². The molecule has 34 heavy (non-hydrogen) atoms. The van der Waals surface area contributed by atoms with Gasteiger partial charge in [-0.15, -0.1) is 0 Å². The van der Waals surface area contributed by atoms with Crippen molar-refractivity contribution >= 4 is 51.6 Å². The van der Waals surface area contributed by atoms with Crippen molar-refractivity contribution in [1.29, 1.82) is 5.26 Å². The number of methoxy groups -OCH3 is 2. The first-order valence-electron chi connectivity index (χ1n) is 10.7. The minimum absolute atomic E-state index is 0.371. The van der Waals surface area contributed by atoms with E-state index in [1.165, 1.54) is 7.11 Å². The molecule has 3 aromatic rings. The number of ether oxygens (including phenoxy) is 3. The van der Waals surface area contributed by atoms with Gasteiger partial charge in [0, 0.05) is 42.8 Å². The fraction of sp³-hybridized carbons (Fsp3) is 0.280. The highest BCUT2D eigenvalue weighted by molar-refractivity contribution is 6.37. The highest BCUT2D eigenvalue weighted by Crippen LogP contribution is 2.39. The molecule has 2 heterocycles. The van der Waals surface area contributed by atoms with Crippen molar-refractivity contribution in [2.45, 2.75) is 0 Å². The van der Waals surface area contributed by atoms with E-state index in [0.717, 1.165) is 43.8 Å². The lowest BCUT2D eigenvalue weighted by atomic mass is 10.0. The fourth-order valence-corrected chi connectivity index (χ4v) is 4.30. The number of halogens is 2. The first-order valence-corrected chi connectivity index (χ1v) is 11.5. The molecular formula is C25H24Cl2N4O3. The third kappa shape index (κ3) is 5.21. The van der Waals surface area contributed by atoms with Gasteiger partial charge in [-0.3, -0.25) is 9.88 Å². The average Bonchev–Trinajstić information content (AvgIpc) is 2.86. The van der Waals surface area contributed by atoms with Crippen LogP contribution in [0, 0.1) is 11.3 Å². The Morgan fingerprint density at radius 1 is 1.12 bits per heavy atom. The van der Waals surface area contributed by atoms with Crippen LogP contribution < -0.4 is 14.8 Å². The smallest absolute Gasteiger partial charge is 0.139 e. The van der Waals surface area contributed by atoms with Gasteiger partial charge >= 0.3 is 0 Å². The second kappa shape index (κ2) is 10.9. The van der Waals surface area contributed by atoms with Gasteiger partial charge in [0.15, 0.2) is 0 Å². The van der Waals surface area contributed by atoms with Crippen LogP contribution in [0.2, 0.25) is 10.0 Å². The molecule has 0 saturated carbocycles. The van der Waals surface area contributed by atoms with Gasteiger partial charge in [-0.05, 0) is 18.2 Å². The summed E-state index contributed by atoms with van der Waals surface area (Å²) in [6, 6.07) is 9.30. The molecule has 0 unspecified atom stereocenters. The second-order valence-electron chi connectivity index (χ2n) is 7.68. The fourth-order valence-electron chi connectivity index (χ4n) is 3.79. The number of benzene rings is 2. The number of aromatic nitrogens is 1. The van der Waals surface area contributed by atoms with E-state index >= 15 is 0 Å². The monoisotopic (exact) mass is 498 g/mol. The number of rotatable bonds is 7. The van der Waals surface area contributed by atoms with Crippen molar-refractivity contribution in [2.75, 3.05) is 52.4 Å². The van der Waals surface area contributed by atoms with E-state index in [0.29, 0.717) is 44.0 Å². The van der Waals surface area contributed by atoms with E-state index < -0.39 is 0 Å². The third-order valence-corrected chi connectivity index (χ3v) is 6.21. The number of nitrogens with one attached hydrogen (secondary N) is 1. The summed E-state index contributed by atoms with van der Waals surface area (Å²) in [5, 5.41) is 14.5. The highest BCUT2D eigenvalue weighted by atomic mass is 35.5. The van der Waals surface area contributed by atoms with Crippen molar-refractivity contribution in [2.24, 2.45) is 0 Å². The van der Waals surface area contributed by atoms with Gasteiger partial charge in [-0.25, -0.2) is 0 Å². The van der Waals surface area contributed by atoms with Gasteiger partial charge in [0.2, 0.25) is 0 Å². The molecule has 0 atom stereocenters. The summed E-state index contributed by atoms with van der Waals surface area (Å²) in [6.07, 6.45) is 5.68. The van der Waals surface area contributed by atoms with Gasteiger partial charge < -0.3 is 19.5 Å².